The summed E-state index contributed by atoms with van der Waals surface area (Å²) >= 11 is 6.03. The second-order valence-corrected chi connectivity index (χ2v) is 15.9. The van der Waals surface area contributed by atoms with E-state index in [2.05, 4.69) is 18.0 Å². The Balaban J connectivity index is 1.54. The minimum absolute atomic E-state index is 0.00401. The van der Waals surface area contributed by atoms with E-state index in [-0.39, 0.29) is 69.6 Å². The lowest BCUT2D eigenvalue weighted by Crippen LogP contribution is -2.70. The maximum atomic E-state index is 14.4. The van der Waals surface area contributed by atoms with Crippen LogP contribution in [0.25, 0.3) is 0 Å². The average molecular weight is 862 g/mol. The summed E-state index contributed by atoms with van der Waals surface area (Å²) in [5.41, 5.74) is 3.80. The highest BCUT2D eigenvalue weighted by Crippen LogP contribution is 2.62. The highest BCUT2D eigenvalue weighted by atomic mass is 35.5. The molecule has 14 heteroatoms. The lowest BCUT2D eigenvalue weighted by atomic mass is 9.55. The topological polar surface area (TPSA) is 148 Å². The summed E-state index contributed by atoms with van der Waals surface area (Å²) in [6, 6.07) is 19.8. The number of carbonyl (C=O) groups excluding carboxylic acids is 2. The van der Waals surface area contributed by atoms with Gasteiger partial charge in [-0.25, -0.2) is 14.0 Å². The number of allylic oxidation sites excluding steroid dienone is 1. The van der Waals surface area contributed by atoms with Crippen LogP contribution in [0, 0.1) is 23.6 Å². The van der Waals surface area contributed by atoms with Gasteiger partial charge in [0.1, 0.15) is 36.6 Å². The van der Waals surface area contributed by atoms with Crippen LogP contribution in [-0.2, 0) is 27.4 Å². The third-order valence-corrected chi connectivity index (χ3v) is 11.8. The summed E-state index contributed by atoms with van der Waals surface area (Å²) in [5.74, 6) is -2.15. The van der Waals surface area contributed by atoms with Crippen LogP contribution in [-0.4, -0.2) is 83.8 Å². The van der Waals surface area contributed by atoms with Gasteiger partial charge in [-0.1, -0.05) is 72.6 Å². The van der Waals surface area contributed by atoms with E-state index in [1.165, 1.54) is 12.1 Å². The van der Waals surface area contributed by atoms with Gasteiger partial charge in [-0.15, -0.1) is 18.2 Å². The SMILES string of the molecule is C=CCOC12Oc3ccc(OC(=O)NCc4ccccc4)cc3C3C(CCCCO)C(CCCCO)C=C(C(=NOCC)CC1N(Cc1ccc(F)cc1)C(=O)OCCCl)C32. The minimum Gasteiger partial charge on any atom is -0.459 e. The highest BCUT2D eigenvalue weighted by Gasteiger charge is 2.65. The molecule has 6 rings (SSSR count). The first-order chi connectivity index (χ1) is 29.8. The van der Waals surface area contributed by atoms with Crippen LogP contribution in [0.15, 0.2) is 102 Å². The van der Waals surface area contributed by atoms with Crippen LogP contribution < -0.4 is 14.8 Å². The van der Waals surface area contributed by atoms with Crippen molar-refractivity contribution in [2.24, 2.45) is 22.9 Å². The molecular weight excluding hydrogens is 805 g/mol. The van der Waals surface area contributed by atoms with Crippen LogP contribution in [0.5, 0.6) is 11.5 Å². The maximum Gasteiger partial charge on any atom is 0.412 e. The fraction of sp³-hybridized carbons (Fsp3) is 0.468. The summed E-state index contributed by atoms with van der Waals surface area (Å²) < 4.78 is 40.0. The van der Waals surface area contributed by atoms with Crippen molar-refractivity contribution < 1.29 is 48.0 Å². The van der Waals surface area contributed by atoms with Crippen molar-refractivity contribution in [1.82, 2.24) is 10.2 Å². The molecular formula is C47H57ClFN3O9. The van der Waals surface area contributed by atoms with E-state index in [4.69, 9.17) is 40.5 Å². The Bertz CT molecular complexity index is 1980. The van der Waals surface area contributed by atoms with E-state index >= 15 is 0 Å². The summed E-state index contributed by atoms with van der Waals surface area (Å²) in [6.07, 6.45) is 6.91. The Kier molecular flexibility index (Phi) is 16.6. The van der Waals surface area contributed by atoms with E-state index in [9.17, 15) is 24.2 Å². The van der Waals surface area contributed by atoms with E-state index in [1.54, 1.807) is 35.2 Å². The molecule has 3 aromatic carbocycles. The normalized spacial score (nSPS) is 23.1. The van der Waals surface area contributed by atoms with Crippen molar-refractivity contribution in [3.63, 3.8) is 0 Å². The number of halogens is 2. The third-order valence-electron chi connectivity index (χ3n) is 11.6. The van der Waals surface area contributed by atoms with Gasteiger partial charge in [-0.3, -0.25) is 4.90 Å². The summed E-state index contributed by atoms with van der Waals surface area (Å²) in [5, 5.41) is 27.3. The number of hydrogen-bond donors (Lipinski definition) is 3. The van der Waals surface area contributed by atoms with Crippen LogP contribution in [0.1, 0.15) is 74.5 Å². The van der Waals surface area contributed by atoms with E-state index < -0.39 is 35.8 Å². The fourth-order valence-corrected chi connectivity index (χ4v) is 9.14. The molecule has 1 aliphatic heterocycles. The molecule has 0 saturated heterocycles. The number of rotatable bonds is 21. The van der Waals surface area contributed by atoms with Gasteiger partial charge in [0, 0.05) is 44.2 Å². The molecule has 12 nitrogen and oxygen atoms in total. The van der Waals surface area contributed by atoms with Crippen molar-refractivity contribution in [2.45, 2.75) is 82.7 Å². The van der Waals surface area contributed by atoms with Gasteiger partial charge in [0.25, 0.3) is 0 Å². The quantitative estimate of drug-likeness (QED) is 0.0414. The van der Waals surface area contributed by atoms with Crippen LogP contribution in [0.4, 0.5) is 14.0 Å². The molecule has 0 radical (unpaired) electrons. The molecule has 6 unspecified atom stereocenters. The molecule has 1 saturated carbocycles. The van der Waals surface area contributed by atoms with Gasteiger partial charge in [0.2, 0.25) is 5.79 Å². The zero-order chi connectivity index (χ0) is 43.2. The lowest BCUT2D eigenvalue weighted by Gasteiger charge is -2.59. The van der Waals surface area contributed by atoms with E-state index in [1.807, 2.05) is 43.3 Å². The Labute approximate surface area is 362 Å². The summed E-state index contributed by atoms with van der Waals surface area (Å²) in [6.45, 7) is 6.50. The summed E-state index contributed by atoms with van der Waals surface area (Å²) in [7, 11) is 0. The van der Waals surface area contributed by atoms with Crippen molar-refractivity contribution >= 4 is 29.5 Å². The molecule has 3 aromatic rings. The first-order valence-electron chi connectivity index (χ1n) is 21.2. The number of ether oxygens (including phenoxy) is 4. The number of fused-ring (bicyclic) bond motifs is 2. The molecule has 3 N–H and O–H groups in total. The van der Waals surface area contributed by atoms with Crippen molar-refractivity contribution in [3.8, 4) is 11.5 Å². The number of hydrogen-bond acceptors (Lipinski definition) is 10. The highest BCUT2D eigenvalue weighted by molar-refractivity contribution is 6.18. The molecule has 1 fully saturated rings. The second-order valence-electron chi connectivity index (χ2n) is 15.5. The Morgan fingerprint density at radius 3 is 2.49 bits per heavy atom. The standard InChI is InChI=1S/C47H57ClFN3O9/c1-3-25-58-47-42(52(46(56)57-26-22-48)31-33-16-18-35(49)19-17-33)29-40(51-59-4-2)38-27-34(14-8-10-23-53)37(15-9-11-24-54)43(44(38)47)39-28-36(20-21-41(39)61-47)60-45(55)50-30-32-12-6-5-7-13-32/h3,5-7,12-13,16-21,27-28,34,37,42-44,53-54H,1,4,8-11,14-15,22-26,29-31H2,2H3,(H,50,55). The molecule has 3 aliphatic rings. The first-order valence-corrected chi connectivity index (χ1v) is 21.7. The van der Waals surface area contributed by atoms with E-state index in [0.29, 0.717) is 48.6 Å². The molecule has 0 bridgehead atoms. The molecule has 328 valence electrons. The smallest absolute Gasteiger partial charge is 0.412 e. The van der Waals surface area contributed by atoms with Gasteiger partial charge in [-0.05, 0) is 91.5 Å². The molecule has 6 atom stereocenters. The van der Waals surface area contributed by atoms with Gasteiger partial charge >= 0.3 is 12.2 Å². The number of aliphatic hydroxyl groups is 2. The Morgan fingerprint density at radius 1 is 1.03 bits per heavy atom. The fourth-order valence-electron chi connectivity index (χ4n) is 9.06. The number of benzene rings is 3. The Hall–Kier alpha value is -4.95. The Morgan fingerprint density at radius 2 is 1.79 bits per heavy atom. The number of nitrogens with one attached hydrogen (secondary N) is 1. The van der Waals surface area contributed by atoms with Crippen LogP contribution >= 0.6 is 11.6 Å². The second kappa shape index (κ2) is 22.2. The van der Waals surface area contributed by atoms with Crippen LogP contribution in [0.2, 0.25) is 0 Å². The molecule has 0 spiro atoms. The zero-order valence-corrected chi connectivity index (χ0v) is 35.4. The average Bonchev–Trinajstić information content (AvgIpc) is 3.27. The number of aliphatic hydroxyl groups excluding tert-OH is 2. The van der Waals surface area contributed by atoms with Gasteiger partial charge < -0.3 is 39.3 Å². The predicted octanol–water partition coefficient (Wildman–Crippen LogP) is 8.65. The molecule has 2 amide bonds. The number of oxime groups is 1. The monoisotopic (exact) mass is 861 g/mol. The van der Waals surface area contributed by atoms with Crippen molar-refractivity contribution in [1.29, 1.82) is 0 Å². The van der Waals surface area contributed by atoms with Crippen LogP contribution in [0.3, 0.4) is 0 Å². The molecule has 2 aliphatic carbocycles. The molecule has 0 aromatic heterocycles. The minimum atomic E-state index is -1.57. The van der Waals surface area contributed by atoms with E-state index in [0.717, 1.165) is 36.0 Å². The van der Waals surface area contributed by atoms with Gasteiger partial charge in [0.15, 0.2) is 0 Å². The number of unbranched alkanes of at least 4 members (excludes halogenated alkanes) is 2. The number of alkyl halides is 1. The molecule has 1 heterocycles. The third kappa shape index (κ3) is 10.9. The summed E-state index contributed by atoms with van der Waals surface area (Å²) in [4.78, 5) is 34.9. The van der Waals surface area contributed by atoms with Gasteiger partial charge in [-0.2, -0.15) is 0 Å². The zero-order valence-electron chi connectivity index (χ0n) is 34.7. The van der Waals surface area contributed by atoms with Crippen molar-refractivity contribution in [2.75, 3.05) is 38.9 Å². The number of carbonyl (C=O) groups is 2. The first kappa shape index (κ1) is 45.6. The van der Waals surface area contributed by atoms with Crippen molar-refractivity contribution in [3.05, 3.63) is 120 Å². The largest absolute Gasteiger partial charge is 0.459 e. The number of nitrogens with zero attached hydrogens (tertiary/aromatic N) is 2. The molecule has 61 heavy (non-hydrogen) atoms. The lowest BCUT2D eigenvalue weighted by molar-refractivity contribution is -0.256. The predicted molar refractivity (Wildman–Crippen MR) is 230 cm³/mol. The maximum absolute atomic E-state index is 14.4. The number of amides is 2. The van der Waals surface area contributed by atoms with Gasteiger partial charge in [0.05, 0.1) is 24.1 Å².